The van der Waals surface area contributed by atoms with E-state index in [9.17, 15) is 0 Å². The Morgan fingerprint density at radius 3 is 1.89 bits per heavy atom. The number of unbranched alkanes of at least 4 members (excludes halogenated alkanes) is 2. The van der Waals surface area contributed by atoms with E-state index in [1.165, 1.54) is 24.0 Å². The number of benzene rings is 2. The molecule has 2 aromatic rings. The van der Waals surface area contributed by atoms with Gasteiger partial charge in [0.25, 0.3) is 0 Å². The Balaban J connectivity index is 1.64. The SMILES string of the molecule is CC(C)(C)CC(C)(C)c1ccc(OCCOCC[N+](C)(C)Cc2ccc(OCCCCCBr)cc2)cc1. The highest BCUT2D eigenvalue weighted by Gasteiger charge is 2.27. The van der Waals surface area contributed by atoms with Gasteiger partial charge in [-0.05, 0) is 78.5 Å². The fourth-order valence-electron chi connectivity index (χ4n) is 4.89. The number of quaternary nitrogens is 1. The van der Waals surface area contributed by atoms with Gasteiger partial charge in [-0.2, -0.15) is 0 Å². The second kappa shape index (κ2) is 15.1. The van der Waals surface area contributed by atoms with Crippen molar-refractivity contribution in [1.29, 1.82) is 0 Å². The first-order valence-corrected chi connectivity index (χ1v) is 14.9. The number of hydrogen-bond acceptors (Lipinski definition) is 3. The van der Waals surface area contributed by atoms with Gasteiger partial charge in [0.1, 0.15) is 31.2 Å². The van der Waals surface area contributed by atoms with Crippen molar-refractivity contribution in [2.45, 2.75) is 72.3 Å². The number of ether oxygens (including phenoxy) is 3. The van der Waals surface area contributed by atoms with Crippen LogP contribution in [-0.4, -0.2) is 56.9 Å². The van der Waals surface area contributed by atoms with Crippen molar-refractivity contribution >= 4 is 15.9 Å². The standard InChI is InChI=1S/C32H51BrNO3/c1-31(2,3)26-32(4,5)28-13-17-30(18-14-28)37-24-23-35-22-20-34(6,7)25-27-11-15-29(16-12-27)36-21-10-8-9-19-33/h11-18H,8-10,19-26H2,1-7H3/q+1. The maximum absolute atomic E-state index is 5.92. The number of likely N-dealkylation sites (N-methyl/N-ethyl adjacent to an activating group) is 1. The normalized spacial score (nSPS) is 12.5. The van der Waals surface area contributed by atoms with Crippen LogP contribution >= 0.6 is 15.9 Å². The Morgan fingerprint density at radius 1 is 0.703 bits per heavy atom. The molecule has 0 aromatic heterocycles. The van der Waals surface area contributed by atoms with Crippen molar-refractivity contribution in [3.8, 4) is 11.5 Å². The third kappa shape index (κ3) is 13.2. The van der Waals surface area contributed by atoms with Crippen LogP contribution in [0.2, 0.25) is 0 Å². The lowest BCUT2D eigenvalue weighted by molar-refractivity contribution is -0.904. The molecule has 208 valence electrons. The summed E-state index contributed by atoms with van der Waals surface area (Å²) in [5.74, 6) is 1.86. The number of nitrogens with zero attached hydrogens (tertiary/aromatic N) is 1. The molecule has 0 aliphatic heterocycles. The minimum Gasteiger partial charge on any atom is -0.494 e. The highest BCUT2D eigenvalue weighted by Crippen LogP contribution is 2.36. The first kappa shape index (κ1) is 31.7. The van der Waals surface area contributed by atoms with Crippen LogP contribution in [-0.2, 0) is 16.7 Å². The Morgan fingerprint density at radius 2 is 1.30 bits per heavy atom. The monoisotopic (exact) mass is 576 g/mol. The number of rotatable bonds is 17. The molecule has 2 aromatic carbocycles. The van der Waals surface area contributed by atoms with Crippen LogP contribution in [0.25, 0.3) is 0 Å². The molecule has 0 saturated carbocycles. The number of alkyl halides is 1. The molecular weight excluding hydrogens is 526 g/mol. The average Bonchev–Trinajstić information content (AvgIpc) is 2.81. The summed E-state index contributed by atoms with van der Waals surface area (Å²) in [6.45, 7) is 16.1. The highest BCUT2D eigenvalue weighted by atomic mass is 79.9. The molecule has 0 fully saturated rings. The molecule has 0 saturated heterocycles. The van der Waals surface area contributed by atoms with Gasteiger partial charge in [0.05, 0.1) is 33.9 Å². The van der Waals surface area contributed by atoms with Crippen LogP contribution in [0.5, 0.6) is 11.5 Å². The maximum Gasteiger partial charge on any atom is 0.119 e. The Hall–Kier alpha value is -1.56. The lowest BCUT2D eigenvalue weighted by atomic mass is 9.72. The van der Waals surface area contributed by atoms with Crippen molar-refractivity contribution in [3.63, 3.8) is 0 Å². The predicted octanol–water partition coefficient (Wildman–Crippen LogP) is 8.02. The largest absolute Gasteiger partial charge is 0.494 e. The van der Waals surface area contributed by atoms with Crippen molar-refractivity contribution in [2.24, 2.45) is 5.41 Å². The smallest absolute Gasteiger partial charge is 0.119 e. The van der Waals surface area contributed by atoms with Crippen molar-refractivity contribution in [1.82, 2.24) is 0 Å². The van der Waals surface area contributed by atoms with Crippen molar-refractivity contribution in [3.05, 3.63) is 59.7 Å². The summed E-state index contributed by atoms with van der Waals surface area (Å²) in [5.41, 5.74) is 3.12. The second-order valence-electron chi connectivity index (χ2n) is 12.7. The highest BCUT2D eigenvalue weighted by molar-refractivity contribution is 9.09. The first-order chi connectivity index (χ1) is 17.4. The van der Waals surface area contributed by atoms with E-state index in [4.69, 9.17) is 14.2 Å². The topological polar surface area (TPSA) is 27.7 Å². The fraction of sp³-hybridized carbons (Fsp3) is 0.625. The molecule has 0 aliphatic carbocycles. The molecule has 5 heteroatoms. The van der Waals surface area contributed by atoms with E-state index in [0.717, 1.165) is 53.9 Å². The fourth-order valence-corrected chi connectivity index (χ4v) is 5.29. The van der Waals surface area contributed by atoms with Gasteiger partial charge < -0.3 is 18.7 Å². The minimum absolute atomic E-state index is 0.146. The van der Waals surface area contributed by atoms with Crippen LogP contribution in [0, 0.1) is 5.41 Å². The zero-order valence-corrected chi connectivity index (χ0v) is 26.0. The number of hydrogen-bond donors (Lipinski definition) is 0. The summed E-state index contributed by atoms with van der Waals surface area (Å²) in [7, 11) is 4.49. The molecule has 0 amide bonds. The van der Waals surface area contributed by atoms with E-state index >= 15 is 0 Å². The summed E-state index contributed by atoms with van der Waals surface area (Å²) in [5, 5.41) is 1.07. The predicted molar refractivity (Wildman–Crippen MR) is 160 cm³/mol. The van der Waals surface area contributed by atoms with Gasteiger partial charge in [0, 0.05) is 10.9 Å². The van der Waals surface area contributed by atoms with Crippen molar-refractivity contribution in [2.75, 3.05) is 52.4 Å². The van der Waals surface area contributed by atoms with Crippen molar-refractivity contribution < 1.29 is 18.7 Å². The zero-order chi connectivity index (χ0) is 27.4. The Bertz CT molecular complexity index is 886. The molecular formula is C32H51BrNO3+. The van der Waals surface area contributed by atoms with E-state index in [-0.39, 0.29) is 5.41 Å². The van der Waals surface area contributed by atoms with Gasteiger partial charge in [-0.15, -0.1) is 0 Å². The summed E-state index contributed by atoms with van der Waals surface area (Å²) in [6.07, 6.45) is 4.65. The molecule has 0 atom stereocenters. The van der Waals surface area contributed by atoms with Gasteiger partial charge >= 0.3 is 0 Å². The molecule has 0 N–H and O–H groups in total. The van der Waals surface area contributed by atoms with E-state index in [2.05, 4.69) is 113 Å². The summed E-state index contributed by atoms with van der Waals surface area (Å²) in [4.78, 5) is 0. The van der Waals surface area contributed by atoms with E-state index < -0.39 is 0 Å². The second-order valence-corrected chi connectivity index (χ2v) is 13.5. The maximum atomic E-state index is 5.92. The van der Waals surface area contributed by atoms with Gasteiger partial charge in [0.2, 0.25) is 0 Å². The molecule has 0 bridgehead atoms. The first-order valence-electron chi connectivity index (χ1n) is 13.8. The van der Waals surface area contributed by atoms with Crippen LogP contribution in [0.3, 0.4) is 0 Å². The van der Waals surface area contributed by atoms with E-state index in [1.54, 1.807) is 0 Å². The quantitative estimate of drug-likeness (QED) is 0.108. The molecule has 0 aliphatic rings. The third-order valence-corrected chi connectivity index (χ3v) is 7.09. The Kier molecular flexibility index (Phi) is 13.0. The van der Waals surface area contributed by atoms with Crippen LogP contribution < -0.4 is 9.47 Å². The molecule has 0 spiro atoms. The van der Waals surface area contributed by atoms with Crippen LogP contribution in [0.15, 0.2) is 48.5 Å². The molecule has 0 radical (unpaired) electrons. The third-order valence-electron chi connectivity index (χ3n) is 6.53. The van der Waals surface area contributed by atoms with E-state index in [0.29, 0.717) is 25.2 Å². The number of halogens is 1. The van der Waals surface area contributed by atoms with Gasteiger partial charge in [-0.25, -0.2) is 0 Å². The van der Waals surface area contributed by atoms with Gasteiger partial charge in [0.15, 0.2) is 0 Å². The van der Waals surface area contributed by atoms with E-state index in [1.807, 2.05) is 0 Å². The summed E-state index contributed by atoms with van der Waals surface area (Å²) in [6, 6.07) is 17.1. The lowest BCUT2D eigenvalue weighted by Crippen LogP contribution is -2.41. The summed E-state index contributed by atoms with van der Waals surface area (Å²) < 4.78 is 18.5. The molecule has 0 unspecified atom stereocenters. The van der Waals surface area contributed by atoms with Gasteiger partial charge in [-0.3, -0.25) is 0 Å². The minimum atomic E-state index is 0.146. The Labute approximate surface area is 235 Å². The van der Waals surface area contributed by atoms with Crippen LogP contribution in [0.4, 0.5) is 0 Å². The lowest BCUT2D eigenvalue weighted by Gasteiger charge is -2.33. The molecule has 2 rings (SSSR count). The average molecular weight is 578 g/mol. The van der Waals surface area contributed by atoms with Gasteiger partial charge in [-0.1, -0.05) is 62.7 Å². The molecule has 37 heavy (non-hydrogen) atoms. The molecule has 4 nitrogen and oxygen atoms in total. The zero-order valence-electron chi connectivity index (χ0n) is 24.4. The summed E-state index contributed by atoms with van der Waals surface area (Å²) >= 11 is 3.47. The van der Waals surface area contributed by atoms with Crippen LogP contribution in [0.1, 0.15) is 71.4 Å². The molecule has 0 heterocycles.